The summed E-state index contributed by atoms with van der Waals surface area (Å²) in [4.78, 5) is 16.4. The predicted molar refractivity (Wildman–Crippen MR) is 89.9 cm³/mol. The van der Waals surface area contributed by atoms with Crippen LogP contribution in [0.1, 0.15) is 12.8 Å². The Labute approximate surface area is 141 Å². The molecule has 118 valence electrons. The first-order chi connectivity index (χ1) is 11.2. The van der Waals surface area contributed by atoms with Crippen LogP contribution in [0.3, 0.4) is 0 Å². The maximum absolute atomic E-state index is 12.0. The molecule has 1 saturated heterocycles. The average molecular weight is 349 g/mol. The Kier molecular flexibility index (Phi) is 3.80. The van der Waals surface area contributed by atoms with Gasteiger partial charge in [0.2, 0.25) is 0 Å². The summed E-state index contributed by atoms with van der Waals surface area (Å²) in [5.41, 5.74) is 1.44. The zero-order valence-electron chi connectivity index (χ0n) is 12.0. The van der Waals surface area contributed by atoms with Gasteiger partial charge in [-0.25, -0.2) is 4.98 Å². The van der Waals surface area contributed by atoms with E-state index < -0.39 is 0 Å². The first-order valence-electron chi connectivity index (χ1n) is 7.26. The molecular weight excluding hydrogens is 336 g/mol. The van der Waals surface area contributed by atoms with E-state index in [2.05, 4.69) is 10.3 Å². The normalized spacial score (nSPS) is 17.7. The van der Waals surface area contributed by atoms with E-state index in [0.29, 0.717) is 28.2 Å². The molecule has 1 aromatic carbocycles. The van der Waals surface area contributed by atoms with Crippen LogP contribution < -0.4 is 5.32 Å². The minimum absolute atomic E-state index is 0.139. The van der Waals surface area contributed by atoms with Crippen molar-refractivity contribution in [3.05, 3.63) is 34.7 Å². The van der Waals surface area contributed by atoms with Crippen LogP contribution in [-0.4, -0.2) is 23.6 Å². The van der Waals surface area contributed by atoms with E-state index in [1.807, 2.05) is 23.6 Å². The van der Waals surface area contributed by atoms with Gasteiger partial charge in [-0.15, -0.1) is 11.3 Å². The zero-order chi connectivity index (χ0) is 15.8. The summed E-state index contributed by atoms with van der Waals surface area (Å²) in [6, 6.07) is 7.34. The molecule has 0 saturated carbocycles. The molecule has 0 unspecified atom stereocenters. The highest BCUT2D eigenvalue weighted by Crippen LogP contribution is 2.31. The van der Waals surface area contributed by atoms with Crippen LogP contribution in [0.25, 0.3) is 22.4 Å². The third-order valence-corrected chi connectivity index (χ3v) is 4.68. The molecule has 1 fully saturated rings. The predicted octanol–water partition coefficient (Wildman–Crippen LogP) is 4.33. The van der Waals surface area contributed by atoms with Crippen LogP contribution in [0.15, 0.2) is 34.1 Å². The molecule has 0 bridgehead atoms. The fourth-order valence-corrected chi connectivity index (χ4v) is 3.44. The second-order valence-corrected chi connectivity index (χ2v) is 6.62. The first kappa shape index (κ1) is 14.7. The smallest absolute Gasteiger partial charge is 0.255 e. The maximum Gasteiger partial charge on any atom is 0.255 e. The van der Waals surface area contributed by atoms with Crippen molar-refractivity contribution in [2.45, 2.75) is 18.9 Å². The summed E-state index contributed by atoms with van der Waals surface area (Å²) in [6.07, 6.45) is 1.31. The number of benzene rings is 1. The molecule has 3 heterocycles. The fourth-order valence-electron chi connectivity index (χ4n) is 2.56. The molecule has 7 heteroatoms. The highest BCUT2D eigenvalue weighted by Gasteiger charge is 2.24. The van der Waals surface area contributed by atoms with Crippen molar-refractivity contribution in [3.63, 3.8) is 0 Å². The van der Waals surface area contributed by atoms with Crippen molar-refractivity contribution in [1.82, 2.24) is 4.98 Å². The minimum atomic E-state index is -0.365. The molecule has 3 aromatic rings. The highest BCUT2D eigenvalue weighted by molar-refractivity contribution is 7.14. The van der Waals surface area contributed by atoms with Gasteiger partial charge in [-0.1, -0.05) is 11.6 Å². The van der Waals surface area contributed by atoms with Crippen molar-refractivity contribution in [1.29, 1.82) is 0 Å². The van der Waals surface area contributed by atoms with Crippen LogP contribution in [-0.2, 0) is 9.53 Å². The summed E-state index contributed by atoms with van der Waals surface area (Å²) in [5, 5.41) is 6.77. The minimum Gasteiger partial charge on any atom is -0.454 e. The number of amides is 1. The van der Waals surface area contributed by atoms with Crippen molar-refractivity contribution < 1.29 is 13.9 Å². The number of nitrogens with zero attached hydrogens (tertiary/aromatic N) is 1. The summed E-state index contributed by atoms with van der Waals surface area (Å²) < 4.78 is 11.1. The van der Waals surface area contributed by atoms with E-state index >= 15 is 0 Å². The topological polar surface area (TPSA) is 64.4 Å². The number of halogens is 1. The lowest BCUT2D eigenvalue weighted by Gasteiger charge is -2.07. The molecule has 1 amide bonds. The first-order valence-corrected chi connectivity index (χ1v) is 8.52. The Morgan fingerprint density at radius 1 is 1.39 bits per heavy atom. The number of rotatable bonds is 3. The van der Waals surface area contributed by atoms with E-state index in [-0.39, 0.29) is 12.0 Å². The van der Waals surface area contributed by atoms with E-state index in [1.165, 1.54) is 11.3 Å². The average Bonchev–Trinajstić information content (AvgIpc) is 3.26. The third kappa shape index (κ3) is 2.97. The number of anilines is 1. The SMILES string of the molecule is O=C(Nc1nc(-c2cc3cc(Cl)ccc3o2)cs1)[C@H]1CCCO1. The number of ether oxygens (including phenoxy) is 1. The molecule has 1 aliphatic heterocycles. The third-order valence-electron chi connectivity index (χ3n) is 3.69. The standard InChI is InChI=1S/C16H13ClN2O3S/c17-10-3-4-12-9(6-10)7-14(22-12)11-8-23-16(18-11)19-15(20)13-2-1-5-21-13/h3-4,6-8,13H,1-2,5H2,(H,18,19,20)/t13-/m1/s1. The second-order valence-electron chi connectivity index (χ2n) is 5.32. The molecule has 2 aromatic heterocycles. The van der Waals surface area contributed by atoms with Gasteiger partial charge in [0.15, 0.2) is 10.9 Å². The van der Waals surface area contributed by atoms with Gasteiger partial charge in [0, 0.05) is 22.4 Å². The van der Waals surface area contributed by atoms with Gasteiger partial charge in [0.05, 0.1) is 0 Å². The van der Waals surface area contributed by atoms with Crippen molar-refractivity contribution in [3.8, 4) is 11.5 Å². The van der Waals surface area contributed by atoms with Crippen molar-refractivity contribution in [2.24, 2.45) is 0 Å². The van der Waals surface area contributed by atoms with Gasteiger partial charge in [-0.3, -0.25) is 10.1 Å². The van der Waals surface area contributed by atoms with Crippen molar-refractivity contribution >= 4 is 44.9 Å². The van der Waals surface area contributed by atoms with Crippen molar-refractivity contribution in [2.75, 3.05) is 11.9 Å². The summed E-state index contributed by atoms with van der Waals surface area (Å²) in [7, 11) is 0. The van der Waals surface area contributed by atoms with Gasteiger partial charge in [-0.05, 0) is 37.1 Å². The van der Waals surface area contributed by atoms with E-state index in [4.69, 9.17) is 20.8 Å². The van der Waals surface area contributed by atoms with Gasteiger partial charge >= 0.3 is 0 Å². The lowest BCUT2D eigenvalue weighted by molar-refractivity contribution is -0.124. The Morgan fingerprint density at radius 3 is 3.13 bits per heavy atom. The lowest BCUT2D eigenvalue weighted by atomic mass is 10.2. The van der Waals surface area contributed by atoms with Crippen LogP contribution >= 0.6 is 22.9 Å². The Hall–Kier alpha value is -1.89. The van der Waals surface area contributed by atoms with Crippen LogP contribution in [0.2, 0.25) is 5.02 Å². The van der Waals surface area contributed by atoms with Crippen LogP contribution in [0.4, 0.5) is 5.13 Å². The number of furan rings is 1. The summed E-state index contributed by atoms with van der Waals surface area (Å²) in [5.74, 6) is 0.510. The molecule has 1 N–H and O–H groups in total. The number of hydrogen-bond acceptors (Lipinski definition) is 5. The van der Waals surface area contributed by atoms with E-state index in [0.717, 1.165) is 23.8 Å². The number of thiazole rings is 1. The molecule has 0 radical (unpaired) electrons. The summed E-state index contributed by atoms with van der Waals surface area (Å²) in [6.45, 7) is 0.642. The molecular formula is C16H13ClN2O3S. The van der Waals surface area contributed by atoms with Gasteiger partial charge in [-0.2, -0.15) is 0 Å². The van der Waals surface area contributed by atoms with E-state index in [9.17, 15) is 4.79 Å². The molecule has 4 rings (SSSR count). The second kappa shape index (κ2) is 5.96. The number of fused-ring (bicyclic) bond motifs is 1. The van der Waals surface area contributed by atoms with Gasteiger partial charge in [0.1, 0.15) is 17.4 Å². The van der Waals surface area contributed by atoms with Crippen LogP contribution in [0, 0.1) is 0 Å². The Balaban J connectivity index is 1.55. The molecule has 5 nitrogen and oxygen atoms in total. The number of hydrogen-bond donors (Lipinski definition) is 1. The number of nitrogens with one attached hydrogen (secondary N) is 1. The van der Waals surface area contributed by atoms with Gasteiger partial charge < -0.3 is 9.15 Å². The number of aromatic nitrogens is 1. The molecule has 0 spiro atoms. The van der Waals surface area contributed by atoms with E-state index in [1.54, 1.807) is 6.07 Å². The van der Waals surface area contributed by atoms with Crippen LogP contribution in [0.5, 0.6) is 0 Å². The lowest BCUT2D eigenvalue weighted by Crippen LogP contribution is -2.26. The molecule has 1 atom stereocenters. The molecule has 1 aliphatic rings. The Morgan fingerprint density at radius 2 is 2.30 bits per heavy atom. The molecule has 23 heavy (non-hydrogen) atoms. The quantitative estimate of drug-likeness (QED) is 0.765. The molecule has 0 aliphatic carbocycles. The Bertz CT molecular complexity index is 867. The number of carbonyl (C=O) groups excluding carboxylic acids is 1. The fraction of sp³-hybridized carbons (Fsp3) is 0.250. The highest BCUT2D eigenvalue weighted by atomic mass is 35.5. The monoisotopic (exact) mass is 348 g/mol. The zero-order valence-corrected chi connectivity index (χ0v) is 13.6. The number of carbonyl (C=O) groups is 1. The van der Waals surface area contributed by atoms with Gasteiger partial charge in [0.25, 0.3) is 5.91 Å². The maximum atomic E-state index is 12.0. The summed E-state index contributed by atoms with van der Waals surface area (Å²) >= 11 is 7.34. The largest absolute Gasteiger partial charge is 0.454 e.